The molecule has 2 atom stereocenters. The third-order valence-corrected chi connectivity index (χ3v) is 22.3. The molecule has 6 heterocycles. The van der Waals surface area contributed by atoms with Crippen molar-refractivity contribution in [3.8, 4) is 0 Å². The minimum absolute atomic E-state index is 0.0187. The summed E-state index contributed by atoms with van der Waals surface area (Å²) in [6, 6.07) is 50.7. The maximum atomic E-state index is 15.2. The Bertz CT molecular complexity index is 5380. The number of rotatable bonds is 14. The van der Waals surface area contributed by atoms with Gasteiger partial charge in [0.15, 0.2) is 23.3 Å². The summed E-state index contributed by atoms with van der Waals surface area (Å²) in [6.07, 6.45) is -2.21. The first-order valence-electron chi connectivity index (χ1n) is 28.0. The van der Waals surface area contributed by atoms with E-state index in [1.807, 2.05) is 0 Å². The SMILES string of the molecule is CN(C)C(=O)O[Si]1(OC(=O)N(C)C)n2c3c4cc(S(=O)(=O)Nc5ccccc5)ccc4c2N=C2N=C(N=c4c5cc(N(c6ccccc6)S(=O)O)ccc5c(n41)=NC1=NC(=N3)c3ccc(N(c4ccccc4)S(=O)O)cc31)c1ccc(S(=O)(=O)Nc3ccccc3)cc12. The standard InChI is InChI=1S/C62H48N14O12S4Si/c1-71(2)61(77)87-93(88-62(78)72(3)4)75-57-47-30-26-42(74(90(81)82)40-23-15-8-16-24-40)34-51(47)59(75)65-54-46-31-27-43(91(83,84)69-37-17-9-5-10-18-37)35-50(46)56(64-54)68-58-48-32-28-44(92(85,86)70-38-19-11-6-12-20-38)36-52(48)60(76(58)93)66-53-45-29-25-41(33-49(45)55(63-53)67-57)73(89(79)80)39-21-13-7-14-22-39/h5-36,69-70H,1-4H3,(H,79,80)(H,81,82). The molecule has 4 N–H and O–H groups in total. The third-order valence-electron chi connectivity index (χ3n) is 15.2. The smallest absolute Gasteiger partial charge is 0.435 e. The van der Waals surface area contributed by atoms with Crippen molar-refractivity contribution < 1.29 is 52.8 Å². The number of amides is 2. The number of sulfonamides is 2. The van der Waals surface area contributed by atoms with E-state index in [1.165, 1.54) is 89.5 Å². The molecule has 6 bridgehead atoms. The van der Waals surface area contributed by atoms with E-state index in [4.69, 9.17) is 38.8 Å². The van der Waals surface area contributed by atoms with Crippen LogP contribution in [0, 0.1) is 0 Å². The number of aliphatic imine (C=N–C) groups is 4. The fourth-order valence-electron chi connectivity index (χ4n) is 11.0. The minimum Gasteiger partial charge on any atom is -0.435 e. The average Bonchev–Trinajstić information content (AvgIpc) is 1.54. The lowest BCUT2D eigenvalue weighted by Gasteiger charge is -2.33. The normalized spacial score (nSPS) is 14.7. The molecule has 10 aromatic rings. The van der Waals surface area contributed by atoms with Crippen LogP contribution in [0.15, 0.2) is 234 Å². The van der Waals surface area contributed by atoms with Crippen LogP contribution in [0.3, 0.4) is 0 Å². The number of amidine groups is 4. The minimum atomic E-state index is -5.82. The number of benzene rings is 8. The second kappa shape index (κ2) is 22.8. The summed E-state index contributed by atoms with van der Waals surface area (Å²) in [4.78, 5) is 63.4. The van der Waals surface area contributed by atoms with Gasteiger partial charge in [0.2, 0.25) is 0 Å². The molecule has 466 valence electrons. The Kier molecular flexibility index (Phi) is 14.7. The summed E-state index contributed by atoms with van der Waals surface area (Å²) in [5.41, 5.74) is 1.85. The maximum absolute atomic E-state index is 15.2. The van der Waals surface area contributed by atoms with E-state index >= 15 is 9.59 Å². The molecule has 4 aliphatic rings. The van der Waals surface area contributed by atoms with Gasteiger partial charge in [0.1, 0.15) is 22.6 Å². The van der Waals surface area contributed by atoms with Gasteiger partial charge in [-0.25, -0.2) is 73.4 Å². The summed E-state index contributed by atoms with van der Waals surface area (Å²) < 4.78 is 132. The van der Waals surface area contributed by atoms with Gasteiger partial charge in [-0.15, -0.1) is 0 Å². The van der Waals surface area contributed by atoms with Gasteiger partial charge in [-0.3, -0.25) is 27.0 Å². The predicted octanol–water partition coefficient (Wildman–Crippen LogP) is 8.92. The van der Waals surface area contributed by atoms with Gasteiger partial charge in [0.25, 0.3) is 42.6 Å². The molecule has 0 fully saturated rings. The van der Waals surface area contributed by atoms with Crippen molar-refractivity contribution in [2.75, 3.05) is 46.2 Å². The molecule has 26 nitrogen and oxygen atoms in total. The molecule has 4 aliphatic heterocycles. The van der Waals surface area contributed by atoms with Crippen LogP contribution in [0.25, 0.3) is 21.5 Å². The van der Waals surface area contributed by atoms with Crippen LogP contribution in [0.2, 0.25) is 0 Å². The Balaban J connectivity index is 1.19. The summed E-state index contributed by atoms with van der Waals surface area (Å²) in [5, 5.41) is 0.321. The molecule has 14 rings (SSSR count). The summed E-state index contributed by atoms with van der Waals surface area (Å²) >= 11 is -5.41. The monoisotopic (exact) mass is 1340 g/mol. The second-order valence-corrected chi connectivity index (χ2v) is 29.0. The number of nitrogens with one attached hydrogen (secondary N) is 2. The highest BCUT2D eigenvalue weighted by atomic mass is 32.2. The number of hydrogen-bond acceptors (Lipinski definition) is 16. The number of aromatic nitrogens is 2. The molecule has 8 aromatic carbocycles. The van der Waals surface area contributed by atoms with Crippen molar-refractivity contribution >= 4 is 154 Å². The van der Waals surface area contributed by atoms with Crippen molar-refractivity contribution in [2.24, 2.45) is 30.0 Å². The van der Waals surface area contributed by atoms with E-state index in [-0.39, 0.29) is 128 Å². The second-order valence-electron chi connectivity index (χ2n) is 21.5. The van der Waals surface area contributed by atoms with Crippen molar-refractivity contribution in [3.05, 3.63) is 227 Å². The largest absolute Gasteiger partial charge is 0.744 e. The summed E-state index contributed by atoms with van der Waals surface area (Å²) in [6.45, 7) is 0. The number of para-hydroxylation sites is 4. The first-order valence-corrected chi connectivity index (χ1v) is 34.8. The van der Waals surface area contributed by atoms with Gasteiger partial charge in [-0.2, -0.15) is 0 Å². The van der Waals surface area contributed by atoms with Crippen LogP contribution in [0.1, 0.15) is 22.3 Å². The topological polar surface area (TPSA) is 317 Å². The van der Waals surface area contributed by atoms with Gasteiger partial charge in [0, 0.05) is 83.4 Å². The van der Waals surface area contributed by atoms with Crippen LogP contribution in [0.5, 0.6) is 0 Å². The van der Waals surface area contributed by atoms with Gasteiger partial charge in [-0.1, -0.05) is 72.8 Å². The molecule has 2 amide bonds. The number of fused-ring (bicyclic) bond motifs is 14. The van der Waals surface area contributed by atoms with Crippen LogP contribution in [-0.4, -0.2) is 125 Å². The molecular weight excluding hydrogens is 1290 g/mol. The van der Waals surface area contributed by atoms with Gasteiger partial charge < -0.3 is 18.7 Å². The number of nitrogens with zero attached hydrogens (tertiary/aromatic N) is 12. The molecule has 31 heteroatoms. The average molecular weight is 1340 g/mol. The highest BCUT2D eigenvalue weighted by molar-refractivity contribution is 7.93. The molecular formula is C62H48N14O12S4Si. The molecule has 0 saturated carbocycles. The van der Waals surface area contributed by atoms with Crippen LogP contribution < -0.4 is 29.0 Å². The molecule has 0 spiro atoms. The zero-order valence-electron chi connectivity index (χ0n) is 49.0. The van der Waals surface area contributed by atoms with Gasteiger partial charge in [-0.05, 0) is 121 Å². The first-order chi connectivity index (χ1) is 44.7. The number of carbonyl (C=O) groups is 2. The van der Waals surface area contributed by atoms with Crippen LogP contribution in [0.4, 0.5) is 55.3 Å². The number of hydrogen-bond donors (Lipinski definition) is 4. The fraction of sp³-hybridized carbons (Fsp3) is 0.0645. The fourth-order valence-corrected chi connectivity index (χ4v) is 17.5. The predicted molar refractivity (Wildman–Crippen MR) is 355 cm³/mol. The molecule has 2 unspecified atom stereocenters. The van der Waals surface area contributed by atoms with Crippen molar-refractivity contribution in [3.63, 3.8) is 0 Å². The van der Waals surface area contributed by atoms with Crippen LogP contribution in [-0.2, 0) is 51.4 Å². The first kappa shape index (κ1) is 59.8. The summed E-state index contributed by atoms with van der Waals surface area (Å²) in [7, 11) is -9.14. The quantitative estimate of drug-likeness (QED) is 0.0586. The van der Waals surface area contributed by atoms with E-state index in [2.05, 4.69) is 9.44 Å². The molecule has 0 saturated heterocycles. The number of anilines is 6. The lowest BCUT2D eigenvalue weighted by molar-refractivity contribution is 0.124. The van der Waals surface area contributed by atoms with Gasteiger partial charge >= 0.3 is 21.1 Å². The summed E-state index contributed by atoms with van der Waals surface area (Å²) in [5.74, 6) is -1.01. The van der Waals surface area contributed by atoms with E-state index in [1.54, 1.807) is 146 Å². The van der Waals surface area contributed by atoms with Crippen LogP contribution >= 0.6 is 0 Å². The number of carbonyl (C=O) groups excluding carboxylic acids is 2. The van der Waals surface area contributed by atoms with Crippen molar-refractivity contribution in [1.29, 1.82) is 0 Å². The zero-order valence-corrected chi connectivity index (χ0v) is 53.2. The molecule has 0 aliphatic carbocycles. The maximum Gasteiger partial charge on any atom is 0.744 e. The van der Waals surface area contributed by atoms with E-state index < -0.39 is 63.7 Å². The zero-order chi connectivity index (χ0) is 64.8. The highest BCUT2D eigenvalue weighted by Gasteiger charge is 2.60. The lowest BCUT2D eigenvalue weighted by Crippen LogP contribution is -2.66. The van der Waals surface area contributed by atoms with E-state index in [0.717, 1.165) is 14.1 Å². The van der Waals surface area contributed by atoms with Crippen molar-refractivity contribution in [2.45, 2.75) is 9.79 Å². The Morgan fingerprint density at radius 3 is 1.37 bits per heavy atom. The van der Waals surface area contributed by atoms with Crippen molar-refractivity contribution in [1.82, 2.24) is 18.3 Å². The highest BCUT2D eigenvalue weighted by Crippen LogP contribution is 2.46. The molecule has 2 aromatic heterocycles. The Hall–Kier alpha value is -10.8. The molecule has 0 radical (unpaired) electrons. The Morgan fingerprint density at radius 2 is 0.839 bits per heavy atom. The Morgan fingerprint density at radius 1 is 0.430 bits per heavy atom. The van der Waals surface area contributed by atoms with Gasteiger partial charge in [0.05, 0.1) is 32.5 Å². The third kappa shape index (κ3) is 10.4. The lowest BCUT2D eigenvalue weighted by atomic mass is 10.1. The Labute approximate surface area is 535 Å². The van der Waals surface area contributed by atoms with E-state index in [9.17, 15) is 34.4 Å². The molecule has 93 heavy (non-hydrogen) atoms. The van der Waals surface area contributed by atoms with E-state index in [0.29, 0.717) is 5.69 Å².